The van der Waals surface area contributed by atoms with Gasteiger partial charge >= 0.3 is 0 Å². The molecule has 0 bridgehead atoms. The lowest BCUT2D eigenvalue weighted by Gasteiger charge is -2.17. The van der Waals surface area contributed by atoms with Crippen LogP contribution in [0, 0.1) is 0 Å². The minimum atomic E-state index is -0.644. The summed E-state index contributed by atoms with van der Waals surface area (Å²) < 4.78 is 0. The molecule has 0 radical (unpaired) electrons. The van der Waals surface area contributed by atoms with Gasteiger partial charge in [0.2, 0.25) is 11.8 Å². The molecule has 0 aliphatic rings. The van der Waals surface area contributed by atoms with Crippen molar-refractivity contribution in [3.05, 3.63) is 42.5 Å². The van der Waals surface area contributed by atoms with Gasteiger partial charge in [0.25, 0.3) is 0 Å². The van der Waals surface area contributed by atoms with E-state index >= 15 is 0 Å². The first-order valence-corrected chi connectivity index (χ1v) is 4.81. The molecule has 0 aromatic heterocycles. The summed E-state index contributed by atoms with van der Waals surface area (Å²) in [5.74, 6) is -0.857. The second-order valence-electron chi connectivity index (χ2n) is 3.43. The maximum absolute atomic E-state index is 11.7. The second kappa shape index (κ2) is 5.11. The molecule has 0 atom stereocenters. The highest BCUT2D eigenvalue weighted by Gasteiger charge is 2.14. The molecule has 0 spiro atoms. The SMILES string of the molecule is C=C(CC(=O)N(C)c1ccccc1)C(N)=O. The normalized spacial score (nSPS) is 9.56. The molecule has 0 saturated carbocycles. The predicted octanol–water partition coefficient (Wildman–Crippen LogP) is 1.08. The van der Waals surface area contributed by atoms with E-state index in [0.29, 0.717) is 0 Å². The maximum atomic E-state index is 11.7. The fraction of sp³-hybridized carbons (Fsp3) is 0.167. The van der Waals surface area contributed by atoms with Gasteiger partial charge in [-0.05, 0) is 12.1 Å². The van der Waals surface area contributed by atoms with Gasteiger partial charge in [0.15, 0.2) is 0 Å². The number of carbonyl (C=O) groups is 2. The van der Waals surface area contributed by atoms with Crippen molar-refractivity contribution in [2.75, 3.05) is 11.9 Å². The number of hydrogen-bond acceptors (Lipinski definition) is 2. The molecule has 0 aliphatic heterocycles. The molecule has 0 unspecified atom stereocenters. The van der Waals surface area contributed by atoms with Crippen LogP contribution < -0.4 is 10.6 Å². The average Bonchev–Trinajstić information content (AvgIpc) is 2.28. The standard InChI is InChI=1S/C12H14N2O2/c1-9(12(13)16)8-11(15)14(2)10-6-4-3-5-7-10/h3-7H,1,8H2,2H3,(H2,13,16). The number of benzene rings is 1. The Morgan fingerprint density at radius 1 is 1.31 bits per heavy atom. The van der Waals surface area contributed by atoms with Crippen molar-refractivity contribution in [2.24, 2.45) is 5.73 Å². The van der Waals surface area contributed by atoms with E-state index in [1.54, 1.807) is 7.05 Å². The van der Waals surface area contributed by atoms with E-state index in [0.717, 1.165) is 5.69 Å². The fourth-order valence-corrected chi connectivity index (χ4v) is 1.18. The highest BCUT2D eigenvalue weighted by atomic mass is 16.2. The summed E-state index contributed by atoms with van der Waals surface area (Å²) in [7, 11) is 1.64. The van der Waals surface area contributed by atoms with Crippen molar-refractivity contribution in [3.63, 3.8) is 0 Å². The van der Waals surface area contributed by atoms with Crippen molar-refractivity contribution in [3.8, 4) is 0 Å². The van der Waals surface area contributed by atoms with Crippen molar-refractivity contribution in [1.82, 2.24) is 0 Å². The number of hydrogen-bond donors (Lipinski definition) is 1. The van der Waals surface area contributed by atoms with Crippen LogP contribution in [0.3, 0.4) is 0 Å². The third-order valence-electron chi connectivity index (χ3n) is 2.23. The van der Waals surface area contributed by atoms with Gasteiger partial charge in [-0.3, -0.25) is 9.59 Å². The van der Waals surface area contributed by atoms with Crippen LogP contribution in [0.2, 0.25) is 0 Å². The highest BCUT2D eigenvalue weighted by Crippen LogP contribution is 2.13. The molecular formula is C12H14N2O2. The van der Waals surface area contributed by atoms with Gasteiger partial charge in [-0.15, -0.1) is 0 Å². The lowest BCUT2D eigenvalue weighted by molar-refractivity contribution is -0.120. The summed E-state index contributed by atoms with van der Waals surface area (Å²) in [5, 5.41) is 0. The minimum absolute atomic E-state index is 0.0548. The molecule has 0 saturated heterocycles. The molecule has 2 amide bonds. The Labute approximate surface area is 94.4 Å². The van der Waals surface area contributed by atoms with E-state index < -0.39 is 5.91 Å². The van der Waals surface area contributed by atoms with Crippen LogP contribution >= 0.6 is 0 Å². The van der Waals surface area contributed by atoms with Gasteiger partial charge in [-0.2, -0.15) is 0 Å². The van der Waals surface area contributed by atoms with Crippen LogP contribution in [0.5, 0.6) is 0 Å². The fourth-order valence-electron chi connectivity index (χ4n) is 1.18. The highest BCUT2D eigenvalue weighted by molar-refractivity contribution is 6.01. The van der Waals surface area contributed by atoms with Crippen molar-refractivity contribution < 1.29 is 9.59 Å². The largest absolute Gasteiger partial charge is 0.366 e. The van der Waals surface area contributed by atoms with E-state index in [-0.39, 0.29) is 17.9 Å². The first-order chi connectivity index (χ1) is 7.52. The number of nitrogens with zero attached hydrogens (tertiary/aromatic N) is 1. The molecule has 0 heterocycles. The van der Waals surface area contributed by atoms with E-state index in [1.807, 2.05) is 30.3 Å². The molecule has 1 aromatic rings. The molecule has 16 heavy (non-hydrogen) atoms. The first kappa shape index (κ1) is 12.0. The van der Waals surface area contributed by atoms with Crippen molar-refractivity contribution in [1.29, 1.82) is 0 Å². The smallest absolute Gasteiger partial charge is 0.244 e. The molecule has 0 aliphatic carbocycles. The number of primary amides is 1. The third kappa shape index (κ3) is 2.95. The Morgan fingerprint density at radius 3 is 2.38 bits per heavy atom. The van der Waals surface area contributed by atoms with Gasteiger partial charge in [-0.1, -0.05) is 24.8 Å². The molecule has 4 nitrogen and oxygen atoms in total. The topological polar surface area (TPSA) is 63.4 Å². The zero-order valence-corrected chi connectivity index (χ0v) is 9.14. The zero-order valence-electron chi connectivity index (χ0n) is 9.14. The lowest BCUT2D eigenvalue weighted by atomic mass is 10.2. The zero-order chi connectivity index (χ0) is 12.1. The number of amides is 2. The maximum Gasteiger partial charge on any atom is 0.244 e. The monoisotopic (exact) mass is 218 g/mol. The quantitative estimate of drug-likeness (QED) is 0.768. The van der Waals surface area contributed by atoms with Crippen LogP contribution in [0.15, 0.2) is 42.5 Å². The molecular weight excluding hydrogens is 204 g/mol. The summed E-state index contributed by atoms with van der Waals surface area (Å²) in [6.45, 7) is 3.45. The van der Waals surface area contributed by atoms with Gasteiger partial charge in [0, 0.05) is 18.3 Å². The minimum Gasteiger partial charge on any atom is -0.366 e. The van der Waals surface area contributed by atoms with Crippen molar-refractivity contribution in [2.45, 2.75) is 6.42 Å². The average molecular weight is 218 g/mol. The second-order valence-corrected chi connectivity index (χ2v) is 3.43. The van der Waals surface area contributed by atoms with E-state index in [2.05, 4.69) is 6.58 Å². The Morgan fingerprint density at radius 2 is 1.88 bits per heavy atom. The van der Waals surface area contributed by atoms with Gasteiger partial charge < -0.3 is 10.6 Å². The summed E-state index contributed by atoms with van der Waals surface area (Å²) in [6, 6.07) is 9.16. The number of para-hydroxylation sites is 1. The molecule has 1 aromatic carbocycles. The summed E-state index contributed by atoms with van der Waals surface area (Å²) >= 11 is 0. The molecule has 84 valence electrons. The first-order valence-electron chi connectivity index (χ1n) is 4.81. The Hall–Kier alpha value is -2.10. The summed E-state index contributed by atoms with van der Waals surface area (Å²) in [4.78, 5) is 23.9. The third-order valence-corrected chi connectivity index (χ3v) is 2.23. The molecule has 2 N–H and O–H groups in total. The van der Waals surface area contributed by atoms with Gasteiger partial charge in [0.1, 0.15) is 0 Å². The Balaban J connectivity index is 2.69. The Bertz CT molecular complexity index is 412. The molecule has 0 fully saturated rings. The van der Waals surface area contributed by atoms with E-state index in [1.165, 1.54) is 4.90 Å². The number of nitrogens with two attached hydrogens (primary N) is 1. The van der Waals surface area contributed by atoms with Crippen molar-refractivity contribution >= 4 is 17.5 Å². The van der Waals surface area contributed by atoms with Crippen LogP contribution in [0.25, 0.3) is 0 Å². The predicted molar refractivity (Wildman–Crippen MR) is 62.8 cm³/mol. The summed E-state index contributed by atoms with van der Waals surface area (Å²) in [6.07, 6.45) is -0.0548. The molecule has 4 heteroatoms. The molecule has 1 rings (SSSR count). The lowest BCUT2D eigenvalue weighted by Crippen LogP contribution is -2.28. The van der Waals surface area contributed by atoms with Crippen LogP contribution in [0.4, 0.5) is 5.69 Å². The van der Waals surface area contributed by atoms with Crippen LogP contribution in [-0.4, -0.2) is 18.9 Å². The van der Waals surface area contributed by atoms with Crippen LogP contribution in [-0.2, 0) is 9.59 Å². The Kier molecular flexibility index (Phi) is 3.83. The van der Waals surface area contributed by atoms with Gasteiger partial charge in [-0.25, -0.2) is 0 Å². The van der Waals surface area contributed by atoms with Gasteiger partial charge in [0.05, 0.1) is 6.42 Å². The van der Waals surface area contributed by atoms with E-state index in [9.17, 15) is 9.59 Å². The number of anilines is 1. The van der Waals surface area contributed by atoms with E-state index in [4.69, 9.17) is 5.73 Å². The summed E-state index contributed by atoms with van der Waals surface area (Å²) in [5.41, 5.74) is 5.90. The number of carbonyl (C=O) groups excluding carboxylic acids is 2. The van der Waals surface area contributed by atoms with Crippen LogP contribution in [0.1, 0.15) is 6.42 Å². The number of rotatable bonds is 4.